The minimum Gasteiger partial charge on any atom is -0.107 e. The van der Waals surface area contributed by atoms with Gasteiger partial charge in [-0.3, -0.25) is 0 Å². The molecule has 0 aromatic heterocycles. The maximum Gasteiger partial charge on any atom is -0.0253 e. The molecule has 1 aromatic carbocycles. The van der Waals surface area contributed by atoms with E-state index in [1.165, 1.54) is 24.0 Å². The summed E-state index contributed by atoms with van der Waals surface area (Å²) in [7, 11) is 0. The number of rotatable bonds is 3. The fraction of sp³-hybridized carbons (Fsp3) is 0.500. The van der Waals surface area contributed by atoms with Crippen molar-refractivity contribution in [2.75, 3.05) is 0 Å². The summed E-state index contributed by atoms with van der Waals surface area (Å²) in [6, 6.07) is 8.86. The van der Waals surface area contributed by atoms with E-state index >= 15 is 0 Å². The second-order valence-electron chi connectivity index (χ2n) is 3.70. The Labute approximate surface area is 98.8 Å². The van der Waals surface area contributed by atoms with Crippen LogP contribution in [0.5, 0.6) is 0 Å². The van der Waals surface area contributed by atoms with E-state index in [9.17, 15) is 0 Å². The van der Waals surface area contributed by atoms with E-state index in [2.05, 4.69) is 45.0 Å². The lowest BCUT2D eigenvalue weighted by Crippen LogP contribution is -1.97. The lowest BCUT2D eigenvalue weighted by molar-refractivity contribution is 0.560. The first kappa shape index (κ1) is 12.9. The molecule has 1 atom stereocenters. The van der Waals surface area contributed by atoms with Gasteiger partial charge >= 0.3 is 0 Å². The Bertz CT molecular complexity index is 225. The Morgan fingerprint density at radius 2 is 1.69 bits per heavy atom. The van der Waals surface area contributed by atoms with Crippen LogP contribution in [-0.4, -0.2) is 0 Å². The molecule has 0 heterocycles. The Kier molecular flexibility index (Phi) is 6.39. The van der Waals surface area contributed by atoms with Crippen LogP contribution >= 0.6 is 24.0 Å². The van der Waals surface area contributed by atoms with Gasteiger partial charge in [0.25, 0.3) is 0 Å². The molecule has 0 fully saturated rings. The van der Waals surface area contributed by atoms with Crippen LogP contribution in [0.25, 0.3) is 0 Å². The van der Waals surface area contributed by atoms with Gasteiger partial charge in [0.15, 0.2) is 0 Å². The predicted molar refractivity (Wildman–Crippen MR) is 69.8 cm³/mol. The highest BCUT2D eigenvalue weighted by Gasteiger charge is 1.99. The van der Waals surface area contributed by atoms with Crippen molar-refractivity contribution >= 4 is 24.0 Å². The Morgan fingerprint density at radius 3 is 2.15 bits per heavy atom. The van der Waals surface area contributed by atoms with E-state index in [1.54, 1.807) is 0 Å². The van der Waals surface area contributed by atoms with Gasteiger partial charge in [0, 0.05) is 0 Å². The molecular formula is C12H19I. The normalized spacial score (nSPS) is 11.9. The fourth-order valence-corrected chi connectivity index (χ4v) is 1.27. The molecule has 1 heteroatoms. The minimum atomic E-state index is 0. The standard InChI is InChI=1S/C12H18.HI/c1-4-10(2)9-12-7-5-11(3)6-8-12;/h5-8,10H,4,9H2,1-3H3;1H. The molecule has 0 spiro atoms. The Morgan fingerprint density at radius 1 is 1.15 bits per heavy atom. The van der Waals surface area contributed by atoms with Crippen molar-refractivity contribution in [3.63, 3.8) is 0 Å². The molecule has 0 saturated heterocycles. The van der Waals surface area contributed by atoms with Gasteiger partial charge in [-0.25, -0.2) is 0 Å². The highest BCUT2D eigenvalue weighted by atomic mass is 127. The average molecular weight is 290 g/mol. The van der Waals surface area contributed by atoms with Gasteiger partial charge in [-0.1, -0.05) is 50.1 Å². The first-order valence-electron chi connectivity index (χ1n) is 4.78. The molecule has 0 radical (unpaired) electrons. The minimum absolute atomic E-state index is 0. The Balaban J connectivity index is 0.00000144. The van der Waals surface area contributed by atoms with Crippen LogP contribution in [0.3, 0.4) is 0 Å². The smallest absolute Gasteiger partial charge is 0.0253 e. The van der Waals surface area contributed by atoms with Crippen molar-refractivity contribution < 1.29 is 0 Å². The number of benzene rings is 1. The van der Waals surface area contributed by atoms with Crippen LogP contribution in [0.15, 0.2) is 24.3 Å². The van der Waals surface area contributed by atoms with Crippen LogP contribution in [0.1, 0.15) is 31.4 Å². The second-order valence-corrected chi connectivity index (χ2v) is 3.70. The molecule has 0 aliphatic carbocycles. The van der Waals surface area contributed by atoms with E-state index in [4.69, 9.17) is 0 Å². The van der Waals surface area contributed by atoms with E-state index < -0.39 is 0 Å². The van der Waals surface area contributed by atoms with Gasteiger partial charge in [0.1, 0.15) is 0 Å². The van der Waals surface area contributed by atoms with Crippen LogP contribution in [0.2, 0.25) is 0 Å². The van der Waals surface area contributed by atoms with E-state index in [1.807, 2.05) is 0 Å². The maximum atomic E-state index is 2.31. The van der Waals surface area contributed by atoms with E-state index in [0.717, 1.165) is 5.92 Å². The summed E-state index contributed by atoms with van der Waals surface area (Å²) in [5, 5.41) is 0. The largest absolute Gasteiger partial charge is 0.107 e. The van der Waals surface area contributed by atoms with E-state index in [0.29, 0.717) is 0 Å². The molecule has 74 valence electrons. The second kappa shape index (κ2) is 6.41. The van der Waals surface area contributed by atoms with Crippen molar-refractivity contribution in [2.24, 2.45) is 5.92 Å². The molecule has 1 rings (SSSR count). The molecule has 1 aromatic rings. The quantitative estimate of drug-likeness (QED) is 0.732. The zero-order chi connectivity index (χ0) is 8.97. The number of halogens is 1. The highest BCUT2D eigenvalue weighted by molar-refractivity contribution is 14.0. The number of hydrogen-bond acceptors (Lipinski definition) is 0. The molecule has 0 bridgehead atoms. The molecule has 0 nitrogen and oxygen atoms in total. The molecule has 0 aliphatic rings. The lowest BCUT2D eigenvalue weighted by Gasteiger charge is -2.07. The summed E-state index contributed by atoms with van der Waals surface area (Å²) in [6.45, 7) is 6.69. The summed E-state index contributed by atoms with van der Waals surface area (Å²) in [4.78, 5) is 0. The first-order valence-corrected chi connectivity index (χ1v) is 4.78. The fourth-order valence-electron chi connectivity index (χ4n) is 1.27. The number of hydrogen-bond donors (Lipinski definition) is 0. The highest BCUT2D eigenvalue weighted by Crippen LogP contribution is 2.11. The van der Waals surface area contributed by atoms with Crippen LogP contribution < -0.4 is 0 Å². The molecule has 0 N–H and O–H groups in total. The van der Waals surface area contributed by atoms with Crippen molar-refractivity contribution in [1.29, 1.82) is 0 Å². The zero-order valence-corrected chi connectivity index (χ0v) is 11.0. The first-order chi connectivity index (χ1) is 5.72. The van der Waals surface area contributed by atoms with Gasteiger partial charge in [-0.2, -0.15) is 0 Å². The molecule has 0 aliphatic heterocycles. The van der Waals surface area contributed by atoms with Gasteiger partial charge in [0.05, 0.1) is 0 Å². The maximum absolute atomic E-state index is 2.31. The van der Waals surface area contributed by atoms with E-state index in [-0.39, 0.29) is 24.0 Å². The van der Waals surface area contributed by atoms with Crippen LogP contribution in [-0.2, 0) is 6.42 Å². The molecule has 0 saturated carbocycles. The van der Waals surface area contributed by atoms with Crippen molar-refractivity contribution in [1.82, 2.24) is 0 Å². The van der Waals surface area contributed by atoms with Gasteiger partial charge in [-0.05, 0) is 24.8 Å². The van der Waals surface area contributed by atoms with Crippen molar-refractivity contribution in [2.45, 2.75) is 33.6 Å². The average Bonchev–Trinajstić information content (AvgIpc) is 2.09. The molecule has 0 amide bonds. The summed E-state index contributed by atoms with van der Waals surface area (Å²) in [5.41, 5.74) is 2.82. The molecular weight excluding hydrogens is 271 g/mol. The summed E-state index contributed by atoms with van der Waals surface area (Å²) in [6.07, 6.45) is 2.49. The van der Waals surface area contributed by atoms with Crippen molar-refractivity contribution in [3.8, 4) is 0 Å². The molecule has 13 heavy (non-hydrogen) atoms. The summed E-state index contributed by atoms with van der Waals surface area (Å²) >= 11 is 0. The van der Waals surface area contributed by atoms with Crippen LogP contribution in [0, 0.1) is 12.8 Å². The third-order valence-corrected chi connectivity index (χ3v) is 2.40. The SMILES string of the molecule is CCC(C)Cc1ccc(C)cc1.I. The third-order valence-electron chi connectivity index (χ3n) is 2.40. The monoisotopic (exact) mass is 290 g/mol. The predicted octanol–water partition coefficient (Wildman–Crippen LogP) is 4.20. The Hall–Kier alpha value is -0.0500. The summed E-state index contributed by atoms with van der Waals surface area (Å²) < 4.78 is 0. The molecule has 1 unspecified atom stereocenters. The lowest BCUT2D eigenvalue weighted by atomic mass is 9.98. The summed E-state index contributed by atoms with van der Waals surface area (Å²) in [5.74, 6) is 0.813. The van der Waals surface area contributed by atoms with Gasteiger partial charge < -0.3 is 0 Å². The van der Waals surface area contributed by atoms with Crippen molar-refractivity contribution in [3.05, 3.63) is 35.4 Å². The van der Waals surface area contributed by atoms with Gasteiger partial charge in [-0.15, -0.1) is 24.0 Å². The number of aryl methyl sites for hydroxylation is 1. The van der Waals surface area contributed by atoms with Gasteiger partial charge in [0.2, 0.25) is 0 Å². The zero-order valence-electron chi connectivity index (χ0n) is 8.71. The van der Waals surface area contributed by atoms with Crippen LogP contribution in [0.4, 0.5) is 0 Å². The topological polar surface area (TPSA) is 0 Å². The third kappa shape index (κ3) is 4.65.